The lowest BCUT2D eigenvalue weighted by atomic mass is 10.8. The molecule has 0 fully saturated rings. The monoisotopic (exact) mass is 125 g/mol. The van der Waals surface area contributed by atoms with Crippen molar-refractivity contribution < 1.29 is 4.52 Å². The number of hydrogen-bond acceptors (Lipinski definition) is 5. The Labute approximate surface area is 49.4 Å². The zero-order chi connectivity index (χ0) is 6.27. The summed E-state index contributed by atoms with van der Waals surface area (Å²) < 4.78 is 6.04. The van der Waals surface area contributed by atoms with E-state index in [0.29, 0.717) is 11.7 Å². The summed E-state index contributed by atoms with van der Waals surface area (Å²) in [5.41, 5.74) is 0. The third-order valence-electron chi connectivity index (χ3n) is 0.903. The van der Waals surface area contributed by atoms with Gasteiger partial charge in [0.05, 0.1) is 0 Å². The highest BCUT2D eigenvalue weighted by molar-refractivity contribution is 5.18. The second-order valence-electron chi connectivity index (χ2n) is 1.57. The molecule has 0 aliphatic heterocycles. The number of aromatic nitrogens is 5. The molecule has 6 nitrogen and oxygen atoms in total. The lowest BCUT2D eigenvalue weighted by Gasteiger charge is -1.70. The summed E-state index contributed by atoms with van der Waals surface area (Å²) in [6.45, 7) is 1.72. The fourth-order valence-electron chi connectivity index (χ4n) is 0.585. The Bertz CT molecular complexity index is 293. The summed E-state index contributed by atoms with van der Waals surface area (Å²) in [4.78, 5) is 3.83. The number of aryl methyl sites for hydroxylation is 1. The Kier molecular flexibility index (Phi) is 0.627. The normalized spacial score (nSPS) is 10.8. The van der Waals surface area contributed by atoms with Crippen LogP contribution in [-0.4, -0.2) is 25.2 Å². The highest BCUT2D eigenvalue weighted by atomic mass is 16.5. The van der Waals surface area contributed by atoms with Crippen LogP contribution < -0.4 is 0 Å². The molecule has 0 aliphatic carbocycles. The molecule has 0 bridgehead atoms. The van der Waals surface area contributed by atoms with E-state index in [1.54, 1.807) is 6.92 Å². The van der Waals surface area contributed by atoms with Crippen molar-refractivity contribution in [2.75, 3.05) is 0 Å². The van der Waals surface area contributed by atoms with E-state index in [1.165, 1.54) is 0 Å². The minimum Gasteiger partial charge on any atom is -0.337 e. The van der Waals surface area contributed by atoms with Crippen molar-refractivity contribution in [1.82, 2.24) is 25.2 Å². The Balaban J connectivity index is 2.92. The van der Waals surface area contributed by atoms with Crippen LogP contribution >= 0.6 is 0 Å². The molecule has 2 aromatic heterocycles. The predicted octanol–water partition coefficient (Wildman–Crippen LogP) is -0.579. The first-order chi connectivity index (χ1) is 4.36. The Morgan fingerprint density at radius 1 is 1.56 bits per heavy atom. The molecule has 2 aromatic rings. The van der Waals surface area contributed by atoms with Crippen LogP contribution in [0.25, 0.3) is 5.78 Å². The second kappa shape index (κ2) is 1.28. The number of rotatable bonds is 0. The van der Waals surface area contributed by atoms with Crippen molar-refractivity contribution in [3.63, 3.8) is 0 Å². The SMILES string of the molecule is Cc1nc2nnnn2o1. The van der Waals surface area contributed by atoms with Gasteiger partial charge in [-0.25, -0.2) is 0 Å². The van der Waals surface area contributed by atoms with E-state index in [-0.39, 0.29) is 0 Å². The van der Waals surface area contributed by atoms with E-state index < -0.39 is 0 Å². The van der Waals surface area contributed by atoms with Crippen molar-refractivity contribution in [2.24, 2.45) is 0 Å². The van der Waals surface area contributed by atoms with E-state index in [9.17, 15) is 0 Å². The summed E-state index contributed by atoms with van der Waals surface area (Å²) in [6.07, 6.45) is 0. The van der Waals surface area contributed by atoms with Crippen LogP contribution in [0.5, 0.6) is 0 Å². The Morgan fingerprint density at radius 2 is 2.44 bits per heavy atom. The van der Waals surface area contributed by atoms with Crippen LogP contribution in [-0.2, 0) is 0 Å². The first kappa shape index (κ1) is 4.42. The van der Waals surface area contributed by atoms with Gasteiger partial charge in [0.1, 0.15) is 0 Å². The molecule has 46 valence electrons. The number of hydrogen-bond donors (Lipinski definition) is 0. The van der Waals surface area contributed by atoms with Gasteiger partial charge in [-0.05, 0) is 15.1 Å². The number of nitrogens with zero attached hydrogens (tertiary/aromatic N) is 5. The third kappa shape index (κ3) is 0.493. The molecule has 0 N–H and O–H groups in total. The lowest BCUT2D eigenvalue weighted by Crippen LogP contribution is -1.78. The molecule has 0 aliphatic rings. The quantitative estimate of drug-likeness (QED) is 0.471. The molecule has 0 amide bonds. The van der Waals surface area contributed by atoms with Crippen LogP contribution in [0.15, 0.2) is 4.52 Å². The van der Waals surface area contributed by atoms with Crippen molar-refractivity contribution in [3.8, 4) is 0 Å². The van der Waals surface area contributed by atoms with E-state index >= 15 is 0 Å². The van der Waals surface area contributed by atoms with Crippen LogP contribution in [0.3, 0.4) is 0 Å². The van der Waals surface area contributed by atoms with E-state index in [0.717, 1.165) is 4.69 Å². The molecule has 0 saturated carbocycles. The third-order valence-corrected chi connectivity index (χ3v) is 0.903. The summed E-state index contributed by atoms with van der Waals surface area (Å²) in [5.74, 6) is 0.930. The van der Waals surface area contributed by atoms with Crippen molar-refractivity contribution in [1.29, 1.82) is 0 Å². The molecule has 9 heavy (non-hydrogen) atoms. The van der Waals surface area contributed by atoms with Gasteiger partial charge < -0.3 is 4.52 Å². The van der Waals surface area contributed by atoms with Crippen molar-refractivity contribution in [2.45, 2.75) is 6.92 Å². The van der Waals surface area contributed by atoms with Gasteiger partial charge in [0.25, 0.3) is 0 Å². The molecule has 2 rings (SSSR count). The summed E-state index contributed by atoms with van der Waals surface area (Å²) in [6, 6.07) is 0. The molecule has 0 atom stereocenters. The fourth-order valence-corrected chi connectivity index (χ4v) is 0.585. The average molecular weight is 125 g/mol. The van der Waals surface area contributed by atoms with E-state index in [1.807, 2.05) is 0 Å². The van der Waals surface area contributed by atoms with Gasteiger partial charge in [0.15, 0.2) is 0 Å². The first-order valence-electron chi connectivity index (χ1n) is 2.38. The second-order valence-corrected chi connectivity index (χ2v) is 1.57. The number of tetrazole rings is 1. The topological polar surface area (TPSA) is 69.1 Å². The van der Waals surface area contributed by atoms with Gasteiger partial charge in [0.2, 0.25) is 5.89 Å². The molecule has 0 unspecified atom stereocenters. The molecule has 0 radical (unpaired) electrons. The van der Waals surface area contributed by atoms with Crippen LogP contribution in [0, 0.1) is 6.92 Å². The maximum atomic E-state index is 4.88. The van der Waals surface area contributed by atoms with Gasteiger partial charge in [-0.3, -0.25) is 0 Å². The Morgan fingerprint density at radius 3 is 3.22 bits per heavy atom. The van der Waals surface area contributed by atoms with Gasteiger partial charge >= 0.3 is 5.78 Å². The minimum absolute atomic E-state index is 0.396. The summed E-state index contributed by atoms with van der Waals surface area (Å²) in [5, 5.41) is 10.3. The van der Waals surface area contributed by atoms with Gasteiger partial charge in [-0.1, -0.05) is 5.10 Å². The molecule has 2 heterocycles. The Hall–Kier alpha value is -1.46. The standard InChI is InChI=1S/C3H3N5O/c1-2-4-3-5-6-7-8(3)9-2/h1H3. The molecule has 0 saturated heterocycles. The largest absolute Gasteiger partial charge is 0.337 e. The maximum absolute atomic E-state index is 4.88. The summed E-state index contributed by atoms with van der Waals surface area (Å²) >= 11 is 0. The zero-order valence-corrected chi connectivity index (χ0v) is 4.64. The van der Waals surface area contributed by atoms with E-state index in [2.05, 4.69) is 20.5 Å². The molecular formula is C3H3N5O. The van der Waals surface area contributed by atoms with Crippen molar-refractivity contribution >= 4 is 5.78 Å². The van der Waals surface area contributed by atoms with Crippen LogP contribution in [0.4, 0.5) is 0 Å². The smallest absolute Gasteiger partial charge is 0.310 e. The van der Waals surface area contributed by atoms with Crippen LogP contribution in [0.1, 0.15) is 5.89 Å². The predicted molar refractivity (Wildman–Crippen MR) is 25.6 cm³/mol. The van der Waals surface area contributed by atoms with Crippen molar-refractivity contribution in [3.05, 3.63) is 5.89 Å². The average Bonchev–Trinajstić information content (AvgIpc) is 2.22. The lowest BCUT2D eigenvalue weighted by molar-refractivity contribution is 0.309. The minimum atomic E-state index is 0.396. The first-order valence-corrected chi connectivity index (χ1v) is 2.38. The molecule has 0 spiro atoms. The highest BCUT2D eigenvalue weighted by Gasteiger charge is 2.01. The fraction of sp³-hybridized carbons (Fsp3) is 0.333. The highest BCUT2D eigenvalue weighted by Crippen LogP contribution is 1.94. The maximum Gasteiger partial charge on any atom is 0.310 e. The zero-order valence-electron chi connectivity index (χ0n) is 4.64. The van der Waals surface area contributed by atoms with Crippen LogP contribution in [0.2, 0.25) is 0 Å². The summed E-state index contributed by atoms with van der Waals surface area (Å²) in [7, 11) is 0. The van der Waals surface area contributed by atoms with E-state index in [4.69, 9.17) is 4.52 Å². The van der Waals surface area contributed by atoms with Gasteiger partial charge in [-0.15, -0.1) is 0 Å². The number of fused-ring (bicyclic) bond motifs is 1. The molecule has 0 aromatic carbocycles. The molecular weight excluding hydrogens is 122 g/mol. The van der Waals surface area contributed by atoms with Gasteiger partial charge in [0, 0.05) is 6.92 Å². The van der Waals surface area contributed by atoms with Gasteiger partial charge in [-0.2, -0.15) is 4.98 Å². The molecule has 6 heteroatoms.